The van der Waals surface area contributed by atoms with Crippen molar-refractivity contribution >= 4 is 40.0 Å². The zero-order valence-electron chi connectivity index (χ0n) is 18.1. The third-order valence-electron chi connectivity index (χ3n) is 5.67. The number of hydrogen-bond acceptors (Lipinski definition) is 5. The van der Waals surface area contributed by atoms with Crippen molar-refractivity contribution in [2.75, 3.05) is 29.1 Å². The lowest BCUT2D eigenvalue weighted by molar-refractivity contribution is -0.115. The molecule has 0 saturated carbocycles. The van der Waals surface area contributed by atoms with E-state index in [1.165, 1.54) is 30.3 Å². The first-order valence-electron chi connectivity index (χ1n) is 10.5. The van der Waals surface area contributed by atoms with Gasteiger partial charge in [-0.2, -0.15) is 4.98 Å². The van der Waals surface area contributed by atoms with Crippen molar-refractivity contribution in [1.82, 2.24) is 9.97 Å². The van der Waals surface area contributed by atoms with Gasteiger partial charge in [0.1, 0.15) is 5.82 Å². The van der Waals surface area contributed by atoms with E-state index in [1.807, 2.05) is 0 Å². The van der Waals surface area contributed by atoms with Gasteiger partial charge in [-0.3, -0.25) is 14.9 Å². The molecule has 1 atom stereocenters. The molecule has 0 aliphatic heterocycles. The normalized spacial score (nSPS) is 15.3. The molecule has 2 N–H and O–H groups in total. The number of nitrogens with zero attached hydrogens (tertiary/aromatic N) is 3. The Balaban J connectivity index is 1.57. The molecule has 4 rings (SSSR count). The van der Waals surface area contributed by atoms with Crippen molar-refractivity contribution in [2.45, 2.75) is 33.1 Å². The average molecular weight is 418 g/mol. The second-order valence-corrected chi connectivity index (χ2v) is 8.17. The molecule has 7 heteroatoms. The summed E-state index contributed by atoms with van der Waals surface area (Å²) in [5, 5.41) is 7.92. The van der Waals surface area contributed by atoms with E-state index in [4.69, 9.17) is 0 Å². The van der Waals surface area contributed by atoms with Crippen LogP contribution in [0.15, 0.2) is 42.5 Å². The molecule has 1 unspecified atom stereocenters. The minimum atomic E-state index is -0.237. The van der Waals surface area contributed by atoms with Crippen LogP contribution >= 0.6 is 0 Å². The number of fused-ring (bicyclic) bond motifs is 2. The van der Waals surface area contributed by atoms with Crippen molar-refractivity contribution in [1.29, 1.82) is 0 Å². The average Bonchev–Trinajstić information content (AvgIpc) is 2.73. The predicted molar refractivity (Wildman–Crippen MR) is 123 cm³/mol. The topological polar surface area (TPSA) is 87.2 Å². The minimum absolute atomic E-state index is 0.190. The Morgan fingerprint density at radius 3 is 2.55 bits per heavy atom. The molecule has 31 heavy (non-hydrogen) atoms. The highest BCUT2D eigenvalue weighted by Crippen LogP contribution is 2.32. The van der Waals surface area contributed by atoms with E-state index in [-0.39, 0.29) is 17.8 Å². The second-order valence-electron chi connectivity index (χ2n) is 8.17. The lowest BCUT2D eigenvalue weighted by Gasteiger charge is -2.31. The van der Waals surface area contributed by atoms with Gasteiger partial charge in [0, 0.05) is 44.1 Å². The molecule has 1 heterocycles. The van der Waals surface area contributed by atoms with Crippen molar-refractivity contribution in [2.24, 2.45) is 5.92 Å². The number of hydrogen-bond donors (Lipinski definition) is 2. The van der Waals surface area contributed by atoms with Gasteiger partial charge in [0.2, 0.25) is 17.8 Å². The van der Waals surface area contributed by atoms with Crippen LogP contribution in [0.3, 0.4) is 0 Å². The van der Waals surface area contributed by atoms with Crippen LogP contribution in [0.5, 0.6) is 0 Å². The fraction of sp³-hybridized carbons (Fsp3) is 0.333. The number of anilines is 3. The predicted octanol–water partition coefficient (Wildman–Crippen LogP) is 3.79. The van der Waals surface area contributed by atoms with Gasteiger partial charge < -0.3 is 10.2 Å². The number of aryl methyl sites for hydroxylation is 1. The van der Waals surface area contributed by atoms with Gasteiger partial charge in [0.15, 0.2) is 0 Å². The highest BCUT2D eigenvalue weighted by atomic mass is 16.2. The molecule has 2 aromatic carbocycles. The fourth-order valence-electron chi connectivity index (χ4n) is 4.35. The summed E-state index contributed by atoms with van der Waals surface area (Å²) >= 11 is 0. The van der Waals surface area contributed by atoms with Gasteiger partial charge in [-0.1, -0.05) is 36.4 Å². The zero-order chi connectivity index (χ0) is 22.0. The Morgan fingerprint density at radius 1 is 1.03 bits per heavy atom. The quantitative estimate of drug-likeness (QED) is 0.660. The molecule has 3 aromatic rings. The molecular weight excluding hydrogens is 390 g/mol. The second kappa shape index (κ2) is 8.71. The monoisotopic (exact) mass is 417 g/mol. The van der Waals surface area contributed by atoms with Crippen LogP contribution in [0.25, 0.3) is 10.8 Å². The zero-order valence-corrected chi connectivity index (χ0v) is 18.1. The number of carbonyl (C=O) groups excluding carboxylic acids is 2. The van der Waals surface area contributed by atoms with E-state index < -0.39 is 0 Å². The van der Waals surface area contributed by atoms with Crippen LogP contribution in [0, 0.1) is 5.92 Å². The van der Waals surface area contributed by atoms with Gasteiger partial charge in [0.05, 0.1) is 5.69 Å². The van der Waals surface area contributed by atoms with E-state index in [2.05, 4.69) is 75.0 Å². The third kappa shape index (κ3) is 4.66. The summed E-state index contributed by atoms with van der Waals surface area (Å²) < 4.78 is 0. The van der Waals surface area contributed by atoms with E-state index in [1.54, 1.807) is 0 Å². The van der Waals surface area contributed by atoms with Crippen LogP contribution in [-0.4, -0.2) is 35.4 Å². The van der Waals surface area contributed by atoms with E-state index in [9.17, 15) is 9.59 Å². The van der Waals surface area contributed by atoms with Crippen molar-refractivity contribution in [3.05, 3.63) is 53.7 Å². The molecule has 0 saturated heterocycles. The largest absolute Gasteiger partial charge is 0.374 e. The van der Waals surface area contributed by atoms with Crippen LogP contribution in [0.4, 0.5) is 17.5 Å². The maximum atomic E-state index is 11.7. The van der Waals surface area contributed by atoms with E-state index in [0.717, 1.165) is 37.1 Å². The molecule has 0 radical (unpaired) electrons. The van der Waals surface area contributed by atoms with Gasteiger partial charge in [-0.15, -0.1) is 0 Å². The Labute approximate surface area is 181 Å². The maximum Gasteiger partial charge on any atom is 0.231 e. The standard InChI is InChI=1S/C24H27N5O2/c1-15(30)25-23-20-13-17(11-12-21(20)27-24(28-23)26-16(2)31)14-29(3)22-10-6-8-18-7-4-5-9-19(18)22/h4-10,17H,11-14H2,1-3H3,(H2,25,26,27,28,30,31). The first-order chi connectivity index (χ1) is 14.9. The molecule has 160 valence electrons. The summed E-state index contributed by atoms with van der Waals surface area (Å²) in [6, 6.07) is 14.8. The minimum Gasteiger partial charge on any atom is -0.374 e. The Kier molecular flexibility index (Phi) is 5.84. The summed E-state index contributed by atoms with van der Waals surface area (Å²) in [4.78, 5) is 34.4. The van der Waals surface area contributed by atoms with Crippen LogP contribution in [0.2, 0.25) is 0 Å². The van der Waals surface area contributed by atoms with Gasteiger partial charge in [0.25, 0.3) is 0 Å². The number of nitrogens with one attached hydrogen (secondary N) is 2. The summed E-state index contributed by atoms with van der Waals surface area (Å²) in [5.41, 5.74) is 3.07. The number of benzene rings is 2. The Bertz CT molecular complexity index is 1140. The van der Waals surface area contributed by atoms with Crippen LogP contribution in [-0.2, 0) is 22.4 Å². The van der Waals surface area contributed by atoms with Crippen molar-refractivity contribution < 1.29 is 9.59 Å². The number of amides is 2. The first-order valence-corrected chi connectivity index (χ1v) is 10.5. The van der Waals surface area contributed by atoms with Gasteiger partial charge >= 0.3 is 0 Å². The number of aromatic nitrogens is 2. The molecular formula is C24H27N5O2. The van der Waals surface area contributed by atoms with Gasteiger partial charge in [-0.05, 0) is 36.6 Å². The molecule has 0 fully saturated rings. The molecule has 0 bridgehead atoms. The molecule has 1 aliphatic carbocycles. The summed E-state index contributed by atoms with van der Waals surface area (Å²) in [7, 11) is 2.13. The number of rotatable bonds is 5. The molecule has 2 amide bonds. The highest BCUT2D eigenvalue weighted by Gasteiger charge is 2.26. The third-order valence-corrected chi connectivity index (χ3v) is 5.67. The van der Waals surface area contributed by atoms with Crippen molar-refractivity contribution in [3.8, 4) is 0 Å². The highest BCUT2D eigenvalue weighted by molar-refractivity contribution is 5.94. The molecule has 0 spiro atoms. The first kappa shape index (κ1) is 20.8. The summed E-state index contributed by atoms with van der Waals surface area (Å²) in [6.45, 7) is 3.77. The van der Waals surface area contributed by atoms with Crippen molar-refractivity contribution in [3.63, 3.8) is 0 Å². The maximum absolute atomic E-state index is 11.7. The van der Waals surface area contributed by atoms with Crippen LogP contribution < -0.4 is 15.5 Å². The number of carbonyl (C=O) groups is 2. The Morgan fingerprint density at radius 2 is 1.77 bits per heavy atom. The fourth-order valence-corrected chi connectivity index (χ4v) is 4.35. The smallest absolute Gasteiger partial charge is 0.231 e. The van der Waals surface area contributed by atoms with E-state index >= 15 is 0 Å². The summed E-state index contributed by atoms with van der Waals surface area (Å²) in [6.07, 6.45) is 2.55. The molecule has 1 aromatic heterocycles. The Hall–Kier alpha value is -3.48. The SMILES string of the molecule is CC(=O)Nc1nc2c(c(NC(C)=O)n1)CC(CN(C)c1cccc3ccccc13)CC2. The lowest BCUT2D eigenvalue weighted by atomic mass is 9.86. The van der Waals surface area contributed by atoms with Gasteiger partial charge in [-0.25, -0.2) is 4.98 Å². The summed E-state index contributed by atoms with van der Waals surface area (Å²) in [5.74, 6) is 0.711. The lowest BCUT2D eigenvalue weighted by Crippen LogP contribution is -2.30. The van der Waals surface area contributed by atoms with E-state index in [0.29, 0.717) is 11.7 Å². The molecule has 1 aliphatic rings. The molecule has 7 nitrogen and oxygen atoms in total. The van der Waals surface area contributed by atoms with Crippen LogP contribution in [0.1, 0.15) is 31.5 Å².